The average molecular weight is 265 g/mol. The predicted octanol–water partition coefficient (Wildman–Crippen LogP) is -0.770. The Morgan fingerprint density at radius 3 is 2.79 bits per heavy atom. The first-order valence-corrected chi connectivity index (χ1v) is 5.97. The number of ether oxygens (including phenoxy) is 1. The molecule has 0 saturated carbocycles. The summed E-state index contributed by atoms with van der Waals surface area (Å²) in [5.41, 5.74) is 6.98. The number of aliphatic hydroxyl groups is 3. The molecule has 3 heterocycles. The topological polar surface area (TPSA) is 114 Å². The summed E-state index contributed by atoms with van der Waals surface area (Å²) in [5.74, 6) is 0. The summed E-state index contributed by atoms with van der Waals surface area (Å²) in [6, 6.07) is 3.45. The van der Waals surface area contributed by atoms with E-state index in [4.69, 9.17) is 15.6 Å². The van der Waals surface area contributed by atoms with Crippen LogP contribution in [0.1, 0.15) is 6.23 Å². The van der Waals surface area contributed by atoms with Gasteiger partial charge in [-0.05, 0) is 12.1 Å². The van der Waals surface area contributed by atoms with Gasteiger partial charge in [0, 0.05) is 23.5 Å². The Balaban J connectivity index is 2.04. The summed E-state index contributed by atoms with van der Waals surface area (Å²) in [5, 5.41) is 29.6. The number of hydrogen-bond donors (Lipinski definition) is 4. The number of rotatable bonds is 2. The van der Waals surface area contributed by atoms with Gasteiger partial charge in [-0.2, -0.15) is 0 Å². The number of nitrogens with zero attached hydrogens (tertiary/aromatic N) is 2. The Morgan fingerprint density at radius 1 is 1.32 bits per heavy atom. The SMILES string of the molecule is Nc1ccnc2c1ccn2[C@@H]1O[C@H](CO)[C@H](O)[C@H]1O. The first-order chi connectivity index (χ1) is 9.13. The first kappa shape index (κ1) is 12.4. The Bertz CT molecular complexity index is 600. The summed E-state index contributed by atoms with van der Waals surface area (Å²) in [6.45, 7) is -0.358. The van der Waals surface area contributed by atoms with Gasteiger partial charge in [-0.3, -0.25) is 0 Å². The lowest BCUT2D eigenvalue weighted by atomic mass is 10.1. The van der Waals surface area contributed by atoms with Gasteiger partial charge in [0.2, 0.25) is 0 Å². The second-order valence-corrected chi connectivity index (χ2v) is 4.59. The highest BCUT2D eigenvalue weighted by Crippen LogP contribution is 2.32. The van der Waals surface area contributed by atoms with E-state index in [0.29, 0.717) is 11.3 Å². The fourth-order valence-corrected chi connectivity index (χ4v) is 2.39. The lowest BCUT2D eigenvalue weighted by Crippen LogP contribution is -2.33. The molecule has 5 N–H and O–H groups in total. The predicted molar refractivity (Wildman–Crippen MR) is 67.2 cm³/mol. The molecule has 0 aliphatic carbocycles. The quantitative estimate of drug-likeness (QED) is 0.567. The fraction of sp³-hybridized carbons (Fsp3) is 0.417. The fourth-order valence-electron chi connectivity index (χ4n) is 2.39. The zero-order valence-corrected chi connectivity index (χ0v) is 10.0. The van der Waals surface area contributed by atoms with E-state index < -0.39 is 24.5 Å². The van der Waals surface area contributed by atoms with Crippen molar-refractivity contribution >= 4 is 16.7 Å². The molecule has 0 amide bonds. The monoisotopic (exact) mass is 265 g/mol. The van der Waals surface area contributed by atoms with Crippen LogP contribution in [0.2, 0.25) is 0 Å². The number of anilines is 1. The van der Waals surface area contributed by atoms with Gasteiger partial charge in [0.05, 0.1) is 6.61 Å². The van der Waals surface area contributed by atoms with Crippen LogP contribution >= 0.6 is 0 Å². The number of pyridine rings is 1. The van der Waals surface area contributed by atoms with Crippen molar-refractivity contribution in [2.75, 3.05) is 12.3 Å². The molecule has 7 nitrogen and oxygen atoms in total. The Labute approximate surface area is 108 Å². The van der Waals surface area contributed by atoms with Crippen molar-refractivity contribution in [3.8, 4) is 0 Å². The molecular weight excluding hydrogens is 250 g/mol. The number of nitrogens with two attached hydrogens (primary N) is 1. The second-order valence-electron chi connectivity index (χ2n) is 4.59. The molecule has 4 atom stereocenters. The molecule has 1 aliphatic heterocycles. The smallest absolute Gasteiger partial charge is 0.164 e. The molecular formula is C12H15N3O4. The van der Waals surface area contributed by atoms with E-state index in [2.05, 4.69) is 4.98 Å². The molecule has 19 heavy (non-hydrogen) atoms. The molecule has 0 unspecified atom stereocenters. The van der Waals surface area contributed by atoms with Crippen LogP contribution < -0.4 is 5.73 Å². The van der Waals surface area contributed by atoms with Gasteiger partial charge >= 0.3 is 0 Å². The zero-order chi connectivity index (χ0) is 13.6. The van der Waals surface area contributed by atoms with Gasteiger partial charge in [0.15, 0.2) is 6.23 Å². The number of aromatic nitrogens is 2. The molecule has 102 valence electrons. The third-order valence-electron chi connectivity index (χ3n) is 3.44. The number of aliphatic hydroxyl groups excluding tert-OH is 3. The largest absolute Gasteiger partial charge is 0.398 e. The normalized spacial score (nSPS) is 31.1. The lowest BCUT2D eigenvalue weighted by Gasteiger charge is -2.17. The molecule has 2 aromatic rings. The molecule has 7 heteroatoms. The van der Waals surface area contributed by atoms with Gasteiger partial charge < -0.3 is 30.4 Å². The van der Waals surface area contributed by atoms with Gasteiger partial charge in [0.1, 0.15) is 24.0 Å². The van der Waals surface area contributed by atoms with Crippen molar-refractivity contribution in [1.29, 1.82) is 0 Å². The molecule has 0 aromatic carbocycles. The maximum Gasteiger partial charge on any atom is 0.164 e. The number of nitrogen functional groups attached to an aromatic ring is 1. The van der Waals surface area contributed by atoms with Crippen molar-refractivity contribution in [3.05, 3.63) is 24.5 Å². The minimum Gasteiger partial charge on any atom is -0.398 e. The molecule has 1 aliphatic rings. The highest BCUT2D eigenvalue weighted by Gasteiger charge is 2.43. The van der Waals surface area contributed by atoms with Crippen LogP contribution in [0.15, 0.2) is 24.5 Å². The Morgan fingerprint density at radius 2 is 2.11 bits per heavy atom. The maximum atomic E-state index is 9.99. The number of fused-ring (bicyclic) bond motifs is 1. The van der Waals surface area contributed by atoms with Crippen LogP contribution in [-0.4, -0.2) is 49.8 Å². The maximum absolute atomic E-state index is 9.99. The third kappa shape index (κ3) is 1.79. The van der Waals surface area contributed by atoms with Crippen molar-refractivity contribution in [1.82, 2.24) is 9.55 Å². The van der Waals surface area contributed by atoms with Crippen LogP contribution in [0.25, 0.3) is 11.0 Å². The summed E-state index contributed by atoms with van der Waals surface area (Å²) < 4.78 is 7.07. The van der Waals surface area contributed by atoms with Crippen LogP contribution in [0, 0.1) is 0 Å². The summed E-state index contributed by atoms with van der Waals surface area (Å²) >= 11 is 0. The first-order valence-electron chi connectivity index (χ1n) is 5.97. The van der Waals surface area contributed by atoms with Crippen molar-refractivity contribution in [3.63, 3.8) is 0 Å². The van der Waals surface area contributed by atoms with Crippen LogP contribution in [0.4, 0.5) is 5.69 Å². The minimum absolute atomic E-state index is 0.358. The summed E-state index contributed by atoms with van der Waals surface area (Å²) in [7, 11) is 0. The molecule has 0 spiro atoms. The average Bonchev–Trinajstić information content (AvgIpc) is 2.94. The molecule has 3 rings (SSSR count). The van der Waals surface area contributed by atoms with Gasteiger partial charge in [-0.1, -0.05) is 0 Å². The van der Waals surface area contributed by atoms with E-state index in [0.717, 1.165) is 5.39 Å². The Hall–Kier alpha value is -1.67. The van der Waals surface area contributed by atoms with E-state index >= 15 is 0 Å². The van der Waals surface area contributed by atoms with Gasteiger partial charge in [0.25, 0.3) is 0 Å². The van der Waals surface area contributed by atoms with Gasteiger partial charge in [-0.15, -0.1) is 0 Å². The van der Waals surface area contributed by atoms with Crippen LogP contribution in [-0.2, 0) is 4.74 Å². The highest BCUT2D eigenvalue weighted by molar-refractivity contribution is 5.88. The molecule has 0 radical (unpaired) electrons. The number of hydrogen-bond acceptors (Lipinski definition) is 6. The van der Waals surface area contributed by atoms with E-state index in [1.807, 2.05) is 0 Å². The standard InChI is InChI=1S/C12H15N3O4/c13-7-1-3-14-11-6(7)2-4-15(11)12-10(18)9(17)8(5-16)19-12/h1-4,8-10,12,16-18H,5H2,(H2,13,14)/t8-,9+,10-,12-/m1/s1. The van der Waals surface area contributed by atoms with Gasteiger partial charge in [-0.25, -0.2) is 4.98 Å². The molecule has 1 saturated heterocycles. The van der Waals surface area contributed by atoms with Crippen LogP contribution in [0.3, 0.4) is 0 Å². The molecule has 0 bridgehead atoms. The van der Waals surface area contributed by atoms with E-state index in [-0.39, 0.29) is 6.61 Å². The molecule has 2 aromatic heterocycles. The van der Waals surface area contributed by atoms with Crippen LogP contribution in [0.5, 0.6) is 0 Å². The van der Waals surface area contributed by atoms with E-state index in [1.165, 1.54) is 0 Å². The minimum atomic E-state index is -1.13. The lowest BCUT2D eigenvalue weighted by molar-refractivity contribution is -0.0508. The van der Waals surface area contributed by atoms with Crippen molar-refractivity contribution in [2.45, 2.75) is 24.5 Å². The van der Waals surface area contributed by atoms with Crippen molar-refractivity contribution < 1.29 is 20.1 Å². The van der Waals surface area contributed by atoms with Crippen molar-refractivity contribution in [2.24, 2.45) is 0 Å². The molecule has 1 fully saturated rings. The third-order valence-corrected chi connectivity index (χ3v) is 3.44. The summed E-state index contributed by atoms with van der Waals surface area (Å²) in [6.07, 6.45) is -0.605. The van der Waals surface area contributed by atoms with E-state index in [1.54, 1.807) is 29.1 Å². The zero-order valence-electron chi connectivity index (χ0n) is 10.0. The summed E-state index contributed by atoms with van der Waals surface area (Å²) in [4.78, 5) is 4.20. The second kappa shape index (κ2) is 4.46. The van der Waals surface area contributed by atoms with E-state index in [9.17, 15) is 10.2 Å². The Kier molecular flexibility index (Phi) is 2.90. The highest BCUT2D eigenvalue weighted by atomic mass is 16.6.